The van der Waals surface area contributed by atoms with Crippen molar-refractivity contribution < 1.29 is 23.4 Å². The quantitative estimate of drug-likeness (QED) is 0.883. The third-order valence-electron chi connectivity index (χ3n) is 3.76. The number of hydrogen-bond donors (Lipinski definition) is 2. The Bertz CT molecular complexity index is 569. The number of benzene rings is 1. The Hall–Kier alpha value is -1.73. The van der Waals surface area contributed by atoms with Crippen molar-refractivity contribution in [3.63, 3.8) is 0 Å². The van der Waals surface area contributed by atoms with Crippen LogP contribution in [0.15, 0.2) is 18.2 Å². The van der Waals surface area contributed by atoms with E-state index in [1.165, 1.54) is 6.07 Å². The first kappa shape index (κ1) is 18.6. The summed E-state index contributed by atoms with van der Waals surface area (Å²) in [5, 5.41) is 12.9. The molecule has 24 heavy (non-hydrogen) atoms. The number of aliphatic hydroxyl groups excluding tert-OH is 1. The minimum absolute atomic E-state index is 0.102. The Morgan fingerprint density at radius 3 is 2.62 bits per heavy atom. The lowest BCUT2D eigenvalue weighted by atomic mass is 10.1. The van der Waals surface area contributed by atoms with Crippen molar-refractivity contribution in [2.45, 2.75) is 44.9 Å². The lowest BCUT2D eigenvalue weighted by Gasteiger charge is -2.23. The number of amides is 1. The number of ether oxygens (including phenoxy) is 1. The van der Waals surface area contributed by atoms with E-state index in [1.807, 2.05) is 4.90 Å². The van der Waals surface area contributed by atoms with Gasteiger partial charge in [0.25, 0.3) is 0 Å². The Kier molecular flexibility index (Phi) is 5.77. The van der Waals surface area contributed by atoms with Gasteiger partial charge in [-0.1, -0.05) is 6.07 Å². The zero-order valence-electron chi connectivity index (χ0n) is 14.2. The van der Waals surface area contributed by atoms with E-state index in [1.54, 1.807) is 20.8 Å². The normalized spacial score (nSPS) is 20.0. The van der Waals surface area contributed by atoms with Gasteiger partial charge >= 0.3 is 6.09 Å². The van der Waals surface area contributed by atoms with Crippen LogP contribution in [0.25, 0.3) is 0 Å². The predicted octanol–water partition coefficient (Wildman–Crippen LogP) is 2.60. The van der Waals surface area contributed by atoms with Crippen molar-refractivity contribution in [2.24, 2.45) is 0 Å². The molecule has 0 radical (unpaired) electrons. The average molecular weight is 342 g/mol. The summed E-state index contributed by atoms with van der Waals surface area (Å²) in [5.74, 6) is -1.52. The molecular weight excluding hydrogens is 318 g/mol. The van der Waals surface area contributed by atoms with Gasteiger partial charge in [0, 0.05) is 25.7 Å². The summed E-state index contributed by atoms with van der Waals surface area (Å²) >= 11 is 0. The summed E-state index contributed by atoms with van der Waals surface area (Å²) in [6.45, 7) is 6.57. The third kappa shape index (κ3) is 5.14. The van der Waals surface area contributed by atoms with E-state index in [2.05, 4.69) is 5.32 Å². The second-order valence-electron chi connectivity index (χ2n) is 7.04. The number of nitrogens with zero attached hydrogens (tertiary/aromatic N) is 1. The number of hydrogen-bond acceptors (Lipinski definition) is 4. The minimum Gasteiger partial charge on any atom is -0.444 e. The molecule has 7 heteroatoms. The van der Waals surface area contributed by atoms with E-state index >= 15 is 0 Å². The van der Waals surface area contributed by atoms with Crippen molar-refractivity contribution in [2.75, 3.05) is 19.6 Å². The molecule has 1 fully saturated rings. The van der Waals surface area contributed by atoms with E-state index in [0.717, 1.165) is 12.1 Å². The van der Waals surface area contributed by atoms with Gasteiger partial charge in [-0.15, -0.1) is 0 Å². The van der Waals surface area contributed by atoms with E-state index in [-0.39, 0.29) is 18.2 Å². The second kappa shape index (κ2) is 7.44. The predicted molar refractivity (Wildman–Crippen MR) is 85.5 cm³/mol. The number of rotatable bonds is 4. The smallest absolute Gasteiger partial charge is 0.407 e. The Morgan fingerprint density at radius 1 is 1.42 bits per heavy atom. The summed E-state index contributed by atoms with van der Waals surface area (Å²) in [5.41, 5.74) is -0.887. The summed E-state index contributed by atoms with van der Waals surface area (Å²) in [6.07, 6.45) is -1.06. The molecule has 1 heterocycles. The van der Waals surface area contributed by atoms with Crippen molar-refractivity contribution >= 4 is 6.09 Å². The highest BCUT2D eigenvalue weighted by Gasteiger charge is 2.28. The Balaban J connectivity index is 1.87. The molecule has 2 N–H and O–H groups in total. The van der Waals surface area contributed by atoms with Gasteiger partial charge in [0.2, 0.25) is 0 Å². The lowest BCUT2D eigenvalue weighted by Crippen LogP contribution is -2.41. The largest absolute Gasteiger partial charge is 0.444 e. The van der Waals surface area contributed by atoms with Crippen molar-refractivity contribution in [1.29, 1.82) is 0 Å². The molecule has 1 aromatic rings. The molecule has 2 rings (SSSR count). The molecule has 1 aliphatic rings. The highest BCUT2D eigenvalue weighted by Crippen LogP contribution is 2.23. The molecule has 5 nitrogen and oxygen atoms in total. The van der Waals surface area contributed by atoms with Gasteiger partial charge in [-0.05, 0) is 39.3 Å². The Morgan fingerprint density at radius 2 is 2.04 bits per heavy atom. The molecule has 1 aliphatic heterocycles. The molecule has 2 unspecified atom stereocenters. The topological polar surface area (TPSA) is 61.8 Å². The van der Waals surface area contributed by atoms with Gasteiger partial charge in [0.05, 0.1) is 11.7 Å². The van der Waals surface area contributed by atoms with Gasteiger partial charge < -0.3 is 15.2 Å². The molecule has 0 aromatic heterocycles. The SMILES string of the molecule is CC(C)(C)OC(=O)NC1CCN(CC(O)c2c(F)cccc2F)C1. The highest BCUT2D eigenvalue weighted by atomic mass is 19.1. The number of nitrogens with one attached hydrogen (secondary N) is 1. The van der Waals surface area contributed by atoms with Crippen LogP contribution in [0.5, 0.6) is 0 Å². The first-order valence-corrected chi connectivity index (χ1v) is 7.99. The van der Waals surface area contributed by atoms with Crippen LogP contribution in [-0.2, 0) is 4.74 Å². The first-order valence-electron chi connectivity index (χ1n) is 7.99. The fourth-order valence-electron chi connectivity index (χ4n) is 2.76. The minimum atomic E-state index is -1.26. The van der Waals surface area contributed by atoms with Crippen LogP contribution in [0.3, 0.4) is 0 Å². The monoisotopic (exact) mass is 342 g/mol. The van der Waals surface area contributed by atoms with E-state index in [0.29, 0.717) is 19.5 Å². The third-order valence-corrected chi connectivity index (χ3v) is 3.76. The summed E-state index contributed by atoms with van der Waals surface area (Å²) < 4.78 is 32.6. The van der Waals surface area contributed by atoms with Crippen LogP contribution in [0.4, 0.5) is 13.6 Å². The molecular formula is C17H24F2N2O3. The number of β-amino-alcohol motifs (C(OH)–C–C–N with tert-alkyl or cyclic N) is 1. The van der Waals surface area contributed by atoms with Gasteiger partial charge in [-0.2, -0.15) is 0 Å². The van der Waals surface area contributed by atoms with E-state index in [9.17, 15) is 18.7 Å². The lowest BCUT2D eigenvalue weighted by molar-refractivity contribution is 0.0504. The fraction of sp³-hybridized carbons (Fsp3) is 0.588. The maximum absolute atomic E-state index is 13.7. The molecule has 0 saturated carbocycles. The number of carbonyl (C=O) groups is 1. The molecule has 1 aromatic carbocycles. The molecule has 1 amide bonds. The van der Waals surface area contributed by atoms with Gasteiger partial charge in [-0.25, -0.2) is 13.6 Å². The molecule has 134 valence electrons. The Labute approximate surface area is 140 Å². The van der Waals surface area contributed by atoms with Crippen LogP contribution in [-0.4, -0.2) is 47.4 Å². The van der Waals surface area contributed by atoms with Crippen molar-refractivity contribution in [1.82, 2.24) is 10.2 Å². The fourth-order valence-corrected chi connectivity index (χ4v) is 2.76. The number of carbonyl (C=O) groups excluding carboxylic acids is 1. The summed E-state index contributed by atoms with van der Waals surface area (Å²) in [7, 11) is 0. The standard InChI is InChI=1S/C17H24F2N2O3/c1-17(2,3)24-16(23)20-11-7-8-21(9-11)10-14(22)15-12(18)5-4-6-13(15)19/h4-6,11,14,22H,7-10H2,1-3H3,(H,20,23). The van der Waals surface area contributed by atoms with Crippen LogP contribution < -0.4 is 5.32 Å². The van der Waals surface area contributed by atoms with Gasteiger partial charge in [0.15, 0.2) is 0 Å². The average Bonchev–Trinajstić information content (AvgIpc) is 2.83. The van der Waals surface area contributed by atoms with Crippen molar-refractivity contribution in [3.05, 3.63) is 35.4 Å². The van der Waals surface area contributed by atoms with Gasteiger partial charge in [-0.3, -0.25) is 4.90 Å². The van der Waals surface area contributed by atoms with Crippen LogP contribution in [0.2, 0.25) is 0 Å². The molecule has 0 spiro atoms. The molecule has 0 aliphatic carbocycles. The summed E-state index contributed by atoms with van der Waals surface area (Å²) in [6, 6.07) is 3.40. The summed E-state index contributed by atoms with van der Waals surface area (Å²) in [4.78, 5) is 13.6. The number of halogens is 2. The van der Waals surface area contributed by atoms with Crippen LogP contribution in [0.1, 0.15) is 38.9 Å². The zero-order valence-corrected chi connectivity index (χ0v) is 14.2. The van der Waals surface area contributed by atoms with Crippen LogP contribution >= 0.6 is 0 Å². The van der Waals surface area contributed by atoms with Gasteiger partial charge in [0.1, 0.15) is 17.2 Å². The first-order chi connectivity index (χ1) is 11.2. The van der Waals surface area contributed by atoms with Crippen molar-refractivity contribution in [3.8, 4) is 0 Å². The van der Waals surface area contributed by atoms with E-state index in [4.69, 9.17) is 4.74 Å². The number of aliphatic hydroxyl groups is 1. The van der Waals surface area contributed by atoms with Crippen LogP contribution in [0, 0.1) is 11.6 Å². The zero-order chi connectivity index (χ0) is 17.9. The molecule has 1 saturated heterocycles. The number of likely N-dealkylation sites (tertiary alicyclic amines) is 1. The maximum atomic E-state index is 13.7. The second-order valence-corrected chi connectivity index (χ2v) is 7.04. The number of alkyl carbamates (subject to hydrolysis) is 1. The highest BCUT2D eigenvalue weighted by molar-refractivity contribution is 5.68. The maximum Gasteiger partial charge on any atom is 0.407 e. The molecule has 2 atom stereocenters. The van der Waals surface area contributed by atoms with E-state index < -0.39 is 29.4 Å². The molecule has 0 bridgehead atoms.